The van der Waals surface area contributed by atoms with Crippen molar-refractivity contribution in [2.45, 2.75) is 65.6 Å². The molecule has 236 valence electrons. The second-order valence-corrected chi connectivity index (χ2v) is 12.3. The van der Waals surface area contributed by atoms with Gasteiger partial charge >= 0.3 is 0 Å². The van der Waals surface area contributed by atoms with Crippen LogP contribution >= 0.6 is 11.6 Å². The normalized spacial score (nSPS) is 14.6. The lowest BCUT2D eigenvalue weighted by Crippen LogP contribution is -2.48. The summed E-state index contributed by atoms with van der Waals surface area (Å²) >= 11 is 6.18. The number of hydrogen-bond acceptors (Lipinski definition) is 7. The molecule has 0 spiro atoms. The van der Waals surface area contributed by atoms with Crippen LogP contribution in [0.5, 0.6) is 5.88 Å². The summed E-state index contributed by atoms with van der Waals surface area (Å²) in [5, 5.41) is 0.405. The highest BCUT2D eigenvalue weighted by molar-refractivity contribution is 6.29. The first-order valence-electron chi connectivity index (χ1n) is 15.7. The fraction of sp³-hybridized carbons (Fsp3) is 0.389. The summed E-state index contributed by atoms with van der Waals surface area (Å²) in [5.74, 6) is 0.571. The van der Waals surface area contributed by atoms with Crippen molar-refractivity contribution < 1.29 is 9.53 Å². The maximum atomic E-state index is 14.0. The van der Waals surface area contributed by atoms with Crippen molar-refractivity contribution in [3.05, 3.63) is 106 Å². The van der Waals surface area contributed by atoms with Crippen molar-refractivity contribution in [1.29, 1.82) is 0 Å². The monoisotopic (exact) mass is 626 g/mol. The minimum Gasteiger partial charge on any atom is -0.481 e. The molecule has 1 atom stereocenters. The largest absolute Gasteiger partial charge is 0.481 e. The predicted octanol–water partition coefficient (Wildman–Crippen LogP) is 7.06. The SMILES string of the molecule is COc1ccc(N(Cc2cnccc2C)C2CCN([C@H](C)CCN(C(=O)c3c(C)cc(Cl)nc3C)c3ccccc3)CC2)cn1. The second-order valence-electron chi connectivity index (χ2n) is 11.9. The number of pyridine rings is 3. The molecule has 8 nitrogen and oxygen atoms in total. The number of ether oxygens (including phenoxy) is 1. The summed E-state index contributed by atoms with van der Waals surface area (Å²) < 4.78 is 5.32. The smallest absolute Gasteiger partial charge is 0.260 e. The van der Waals surface area contributed by atoms with E-state index in [9.17, 15) is 4.79 Å². The van der Waals surface area contributed by atoms with Crippen LogP contribution < -0.4 is 14.5 Å². The number of anilines is 2. The van der Waals surface area contributed by atoms with Gasteiger partial charge in [-0.15, -0.1) is 0 Å². The second kappa shape index (κ2) is 14.8. The van der Waals surface area contributed by atoms with Gasteiger partial charge < -0.3 is 19.4 Å². The van der Waals surface area contributed by atoms with E-state index >= 15 is 0 Å². The van der Waals surface area contributed by atoms with Gasteiger partial charge in [-0.05, 0) is 94.0 Å². The highest BCUT2D eigenvalue weighted by Gasteiger charge is 2.29. The molecule has 4 aromatic rings. The van der Waals surface area contributed by atoms with Crippen molar-refractivity contribution >= 4 is 28.9 Å². The van der Waals surface area contributed by atoms with Crippen LogP contribution in [0, 0.1) is 20.8 Å². The Bertz CT molecular complexity index is 1550. The number of halogens is 1. The molecular formula is C36H43ClN6O2. The van der Waals surface area contributed by atoms with Gasteiger partial charge in [-0.2, -0.15) is 0 Å². The lowest BCUT2D eigenvalue weighted by atomic mass is 9.99. The number of methoxy groups -OCH3 is 1. The number of para-hydroxylation sites is 1. The summed E-state index contributed by atoms with van der Waals surface area (Å²) in [5.41, 5.74) is 6.54. The van der Waals surface area contributed by atoms with Crippen molar-refractivity contribution in [2.24, 2.45) is 0 Å². The number of aromatic nitrogens is 3. The van der Waals surface area contributed by atoms with E-state index in [-0.39, 0.29) is 5.91 Å². The molecule has 0 radical (unpaired) electrons. The molecule has 1 aliphatic rings. The van der Waals surface area contributed by atoms with Gasteiger partial charge in [0.1, 0.15) is 5.15 Å². The molecule has 45 heavy (non-hydrogen) atoms. The van der Waals surface area contributed by atoms with E-state index in [2.05, 4.69) is 50.7 Å². The molecule has 5 rings (SSSR count). The third-order valence-corrected chi connectivity index (χ3v) is 9.17. The summed E-state index contributed by atoms with van der Waals surface area (Å²) in [6.07, 6.45) is 8.65. The van der Waals surface area contributed by atoms with Gasteiger partial charge in [0.2, 0.25) is 5.88 Å². The zero-order valence-electron chi connectivity index (χ0n) is 26.9. The van der Waals surface area contributed by atoms with Crippen molar-refractivity contribution in [3.63, 3.8) is 0 Å². The Hall–Kier alpha value is -4.01. The van der Waals surface area contributed by atoms with Crippen molar-refractivity contribution in [2.75, 3.05) is 36.5 Å². The summed E-state index contributed by atoms with van der Waals surface area (Å²) in [6.45, 7) is 11.5. The summed E-state index contributed by atoms with van der Waals surface area (Å²) in [6, 6.07) is 18.4. The van der Waals surface area contributed by atoms with Gasteiger partial charge in [0, 0.05) is 62.4 Å². The first-order valence-corrected chi connectivity index (χ1v) is 16.0. The van der Waals surface area contributed by atoms with Crippen molar-refractivity contribution in [3.8, 4) is 5.88 Å². The van der Waals surface area contributed by atoms with E-state index in [0.29, 0.717) is 40.9 Å². The van der Waals surface area contributed by atoms with Gasteiger partial charge in [-0.25, -0.2) is 9.97 Å². The Morgan fingerprint density at radius 1 is 1.02 bits per heavy atom. The fourth-order valence-corrected chi connectivity index (χ4v) is 6.57. The number of likely N-dealkylation sites (tertiary alicyclic amines) is 1. The lowest BCUT2D eigenvalue weighted by Gasteiger charge is -2.42. The summed E-state index contributed by atoms with van der Waals surface area (Å²) in [7, 11) is 1.64. The molecular weight excluding hydrogens is 584 g/mol. The molecule has 0 saturated carbocycles. The average molecular weight is 627 g/mol. The number of rotatable bonds is 11. The zero-order chi connectivity index (χ0) is 31.9. The standard InChI is InChI=1S/C36H43ClN6O2/c1-25-13-17-38-22-29(25)24-43(32-11-12-34(45-5)39-23-32)31-15-18-41(19-16-31)27(3)14-20-42(30-9-7-6-8-10-30)36(44)35-26(2)21-33(37)40-28(35)4/h6-13,17,21-23,27,31H,14-16,18-20,24H2,1-5H3/t27-/m1/s1. The number of nitrogens with zero attached hydrogens (tertiary/aromatic N) is 6. The van der Waals surface area contributed by atoms with E-state index in [1.165, 1.54) is 11.1 Å². The van der Waals surface area contributed by atoms with Crippen molar-refractivity contribution in [1.82, 2.24) is 19.9 Å². The van der Waals surface area contributed by atoms with Crippen LogP contribution in [0.2, 0.25) is 5.15 Å². The molecule has 0 aliphatic carbocycles. The minimum absolute atomic E-state index is 0.0410. The molecule has 1 fully saturated rings. The van der Waals surface area contributed by atoms with Crippen LogP contribution in [0.4, 0.5) is 11.4 Å². The number of benzene rings is 1. The summed E-state index contributed by atoms with van der Waals surface area (Å²) in [4.78, 5) is 34.2. The number of amides is 1. The molecule has 1 saturated heterocycles. The quantitative estimate of drug-likeness (QED) is 0.165. The van der Waals surface area contributed by atoms with E-state index in [4.69, 9.17) is 16.3 Å². The number of carbonyl (C=O) groups is 1. The molecule has 0 unspecified atom stereocenters. The van der Waals surface area contributed by atoms with Crippen LogP contribution in [0.15, 0.2) is 73.2 Å². The number of carbonyl (C=O) groups excluding carboxylic acids is 1. The van der Waals surface area contributed by atoms with Gasteiger partial charge in [0.05, 0.1) is 30.3 Å². The number of hydrogen-bond donors (Lipinski definition) is 0. The van der Waals surface area contributed by atoms with Gasteiger partial charge in [-0.3, -0.25) is 9.78 Å². The first-order chi connectivity index (χ1) is 21.7. The topological polar surface area (TPSA) is 74.7 Å². The minimum atomic E-state index is -0.0410. The molecule has 1 aromatic carbocycles. The van der Waals surface area contributed by atoms with Gasteiger partial charge in [0.25, 0.3) is 5.91 Å². The molecule has 4 heterocycles. The predicted molar refractivity (Wildman–Crippen MR) is 181 cm³/mol. The van der Waals surface area contributed by atoms with Crippen LogP contribution in [-0.2, 0) is 6.54 Å². The Morgan fingerprint density at radius 2 is 1.78 bits per heavy atom. The Labute approximate surface area is 272 Å². The molecule has 3 aromatic heterocycles. The first kappa shape index (κ1) is 32.4. The lowest BCUT2D eigenvalue weighted by molar-refractivity contribution is 0.0979. The van der Waals surface area contributed by atoms with Gasteiger partial charge in [0.15, 0.2) is 0 Å². The Morgan fingerprint density at radius 3 is 2.42 bits per heavy atom. The molecule has 0 N–H and O–H groups in total. The molecule has 0 bridgehead atoms. The van der Waals surface area contributed by atoms with E-state index in [1.54, 1.807) is 13.2 Å². The third-order valence-electron chi connectivity index (χ3n) is 8.98. The fourth-order valence-electron chi connectivity index (χ4n) is 6.28. The molecule has 9 heteroatoms. The van der Waals surface area contributed by atoms with Crippen LogP contribution in [0.25, 0.3) is 0 Å². The Kier molecular flexibility index (Phi) is 10.7. The third kappa shape index (κ3) is 7.81. The van der Waals surface area contributed by atoms with Gasteiger partial charge in [-0.1, -0.05) is 29.8 Å². The highest BCUT2D eigenvalue weighted by Crippen LogP contribution is 2.29. The highest BCUT2D eigenvalue weighted by atomic mass is 35.5. The number of piperidine rings is 1. The maximum Gasteiger partial charge on any atom is 0.260 e. The van der Waals surface area contributed by atoms with E-state index in [1.807, 2.05) is 73.7 Å². The average Bonchev–Trinajstić information content (AvgIpc) is 3.04. The van der Waals surface area contributed by atoms with Crippen LogP contribution in [0.3, 0.4) is 0 Å². The van der Waals surface area contributed by atoms with Crippen LogP contribution in [-0.4, -0.2) is 64.6 Å². The maximum absolute atomic E-state index is 14.0. The van der Waals surface area contributed by atoms with Crippen LogP contribution in [0.1, 0.15) is 58.9 Å². The Balaban J connectivity index is 1.27. The van der Waals surface area contributed by atoms with E-state index < -0.39 is 0 Å². The molecule has 1 aliphatic heterocycles. The molecule has 1 amide bonds. The van der Waals surface area contributed by atoms with E-state index in [0.717, 1.165) is 55.8 Å². The zero-order valence-corrected chi connectivity index (χ0v) is 27.7. The number of aryl methyl sites for hydroxylation is 3.